The molecular weight excluding hydrogens is 306 g/mol. The van der Waals surface area contributed by atoms with Gasteiger partial charge in [0.1, 0.15) is 0 Å². The van der Waals surface area contributed by atoms with Gasteiger partial charge < -0.3 is 19.0 Å². The van der Waals surface area contributed by atoms with Gasteiger partial charge in [-0.15, -0.1) is 0 Å². The summed E-state index contributed by atoms with van der Waals surface area (Å²) in [5.74, 6) is 0.317. The van der Waals surface area contributed by atoms with Crippen LogP contribution < -0.4 is 9.47 Å². The van der Waals surface area contributed by atoms with Crippen molar-refractivity contribution in [2.24, 2.45) is 0 Å². The van der Waals surface area contributed by atoms with Crippen molar-refractivity contribution in [2.75, 3.05) is 13.2 Å². The van der Waals surface area contributed by atoms with Crippen molar-refractivity contribution in [3.8, 4) is 22.6 Å². The SMILES string of the molecule is CCOc1ccc(-c2cn3ccccc3c2C(=O)O)cc1OCC. The molecule has 1 aromatic carbocycles. The number of ether oxygens (including phenoxy) is 2. The molecule has 2 heterocycles. The maximum Gasteiger partial charge on any atom is 0.338 e. The number of carboxylic acids is 1. The highest BCUT2D eigenvalue weighted by molar-refractivity contribution is 6.03. The molecule has 24 heavy (non-hydrogen) atoms. The summed E-state index contributed by atoms with van der Waals surface area (Å²) in [4.78, 5) is 11.8. The molecule has 0 aliphatic carbocycles. The molecule has 0 spiro atoms. The summed E-state index contributed by atoms with van der Waals surface area (Å²) in [6.07, 6.45) is 3.66. The zero-order valence-electron chi connectivity index (χ0n) is 13.7. The molecular formula is C19H19NO4. The predicted molar refractivity (Wildman–Crippen MR) is 92.1 cm³/mol. The number of fused-ring (bicyclic) bond motifs is 1. The third kappa shape index (κ3) is 2.80. The second-order valence-corrected chi connectivity index (χ2v) is 5.24. The lowest BCUT2D eigenvalue weighted by Gasteiger charge is -2.12. The molecule has 2 aromatic heterocycles. The molecule has 3 aromatic rings. The van der Waals surface area contributed by atoms with Crippen molar-refractivity contribution in [2.45, 2.75) is 13.8 Å². The van der Waals surface area contributed by atoms with Gasteiger partial charge in [-0.05, 0) is 43.7 Å². The molecule has 0 saturated heterocycles. The van der Waals surface area contributed by atoms with E-state index in [0.717, 1.165) is 5.56 Å². The van der Waals surface area contributed by atoms with E-state index < -0.39 is 5.97 Å². The summed E-state index contributed by atoms with van der Waals surface area (Å²) in [5.41, 5.74) is 2.37. The summed E-state index contributed by atoms with van der Waals surface area (Å²) >= 11 is 0. The van der Waals surface area contributed by atoms with Gasteiger partial charge in [-0.2, -0.15) is 0 Å². The molecule has 5 heteroatoms. The van der Waals surface area contributed by atoms with Crippen LogP contribution in [-0.4, -0.2) is 28.7 Å². The Morgan fingerprint density at radius 2 is 1.83 bits per heavy atom. The Labute approximate surface area is 140 Å². The van der Waals surface area contributed by atoms with Crippen LogP contribution >= 0.6 is 0 Å². The predicted octanol–water partition coefficient (Wildman–Crippen LogP) is 4.10. The molecule has 0 fully saturated rings. The first kappa shape index (κ1) is 15.9. The van der Waals surface area contributed by atoms with Gasteiger partial charge in [0.2, 0.25) is 0 Å². The van der Waals surface area contributed by atoms with Crippen LogP contribution in [0.5, 0.6) is 11.5 Å². The van der Waals surface area contributed by atoms with Gasteiger partial charge in [0.25, 0.3) is 0 Å². The Bertz CT molecular complexity index is 882. The molecule has 0 aliphatic rings. The van der Waals surface area contributed by atoms with Crippen LogP contribution in [0.15, 0.2) is 48.8 Å². The summed E-state index contributed by atoms with van der Waals surface area (Å²) in [5, 5.41) is 9.66. The lowest BCUT2D eigenvalue weighted by atomic mass is 10.0. The molecule has 1 N–H and O–H groups in total. The molecule has 0 radical (unpaired) electrons. The van der Waals surface area contributed by atoms with E-state index in [0.29, 0.717) is 35.8 Å². The van der Waals surface area contributed by atoms with E-state index in [-0.39, 0.29) is 5.56 Å². The van der Waals surface area contributed by atoms with E-state index in [2.05, 4.69) is 0 Å². The summed E-state index contributed by atoms with van der Waals surface area (Å²) in [6, 6.07) is 11.0. The van der Waals surface area contributed by atoms with E-state index >= 15 is 0 Å². The zero-order chi connectivity index (χ0) is 17.1. The fraction of sp³-hybridized carbons (Fsp3) is 0.211. The van der Waals surface area contributed by atoms with E-state index in [1.54, 1.807) is 6.07 Å². The number of rotatable bonds is 6. The highest BCUT2D eigenvalue weighted by atomic mass is 16.5. The van der Waals surface area contributed by atoms with Crippen molar-refractivity contribution in [3.05, 3.63) is 54.4 Å². The fourth-order valence-corrected chi connectivity index (χ4v) is 2.78. The van der Waals surface area contributed by atoms with Crippen LogP contribution in [0, 0.1) is 0 Å². The molecule has 0 bridgehead atoms. The van der Waals surface area contributed by atoms with Crippen LogP contribution in [0.25, 0.3) is 16.6 Å². The molecule has 0 unspecified atom stereocenters. The Hall–Kier alpha value is -2.95. The largest absolute Gasteiger partial charge is 0.490 e. The molecule has 0 aliphatic heterocycles. The number of hydrogen-bond acceptors (Lipinski definition) is 3. The lowest BCUT2D eigenvalue weighted by molar-refractivity contribution is 0.0700. The number of carboxylic acid groups (broad SMARTS) is 1. The average molecular weight is 325 g/mol. The Morgan fingerprint density at radius 3 is 2.54 bits per heavy atom. The van der Waals surface area contributed by atoms with Gasteiger partial charge in [-0.1, -0.05) is 12.1 Å². The minimum atomic E-state index is -0.953. The molecule has 5 nitrogen and oxygen atoms in total. The number of aromatic nitrogens is 1. The van der Waals surface area contributed by atoms with Crippen LogP contribution in [0.4, 0.5) is 0 Å². The minimum Gasteiger partial charge on any atom is -0.490 e. The smallest absolute Gasteiger partial charge is 0.338 e. The summed E-state index contributed by atoms with van der Waals surface area (Å²) in [7, 11) is 0. The molecule has 3 rings (SSSR count). The van der Waals surface area contributed by atoms with Crippen LogP contribution in [0.3, 0.4) is 0 Å². The van der Waals surface area contributed by atoms with Crippen molar-refractivity contribution in [3.63, 3.8) is 0 Å². The normalized spacial score (nSPS) is 10.8. The van der Waals surface area contributed by atoms with Crippen LogP contribution in [0.2, 0.25) is 0 Å². The highest BCUT2D eigenvalue weighted by Crippen LogP contribution is 2.36. The monoisotopic (exact) mass is 325 g/mol. The van der Waals surface area contributed by atoms with Gasteiger partial charge in [-0.3, -0.25) is 0 Å². The third-order valence-corrected chi connectivity index (χ3v) is 3.75. The number of carbonyl (C=O) groups is 1. The van der Waals surface area contributed by atoms with Crippen molar-refractivity contribution >= 4 is 11.5 Å². The first-order chi connectivity index (χ1) is 11.7. The van der Waals surface area contributed by atoms with Gasteiger partial charge in [0.05, 0.1) is 24.3 Å². The molecule has 0 amide bonds. The second kappa shape index (κ2) is 6.66. The second-order valence-electron chi connectivity index (χ2n) is 5.24. The first-order valence-corrected chi connectivity index (χ1v) is 7.88. The van der Waals surface area contributed by atoms with Gasteiger partial charge in [0, 0.05) is 18.0 Å². The fourth-order valence-electron chi connectivity index (χ4n) is 2.78. The van der Waals surface area contributed by atoms with Crippen LogP contribution in [0.1, 0.15) is 24.2 Å². The topological polar surface area (TPSA) is 60.2 Å². The highest BCUT2D eigenvalue weighted by Gasteiger charge is 2.19. The van der Waals surface area contributed by atoms with Gasteiger partial charge in [0.15, 0.2) is 11.5 Å². The first-order valence-electron chi connectivity index (χ1n) is 7.88. The molecule has 124 valence electrons. The molecule has 0 saturated carbocycles. The Balaban J connectivity index is 2.18. The maximum atomic E-state index is 11.8. The van der Waals surface area contributed by atoms with E-state index in [9.17, 15) is 9.90 Å². The Kier molecular flexibility index (Phi) is 4.42. The van der Waals surface area contributed by atoms with Gasteiger partial charge in [-0.25, -0.2) is 4.79 Å². The lowest BCUT2D eigenvalue weighted by Crippen LogP contribution is -2.00. The van der Waals surface area contributed by atoms with Crippen molar-refractivity contribution < 1.29 is 19.4 Å². The minimum absolute atomic E-state index is 0.280. The van der Waals surface area contributed by atoms with Crippen molar-refractivity contribution in [1.82, 2.24) is 4.40 Å². The Morgan fingerprint density at radius 1 is 1.08 bits per heavy atom. The summed E-state index contributed by atoms with van der Waals surface area (Å²) < 4.78 is 13.0. The van der Waals surface area contributed by atoms with E-state index in [1.807, 2.05) is 61.0 Å². The summed E-state index contributed by atoms with van der Waals surface area (Å²) in [6.45, 7) is 4.85. The van der Waals surface area contributed by atoms with Crippen molar-refractivity contribution in [1.29, 1.82) is 0 Å². The number of hydrogen-bond donors (Lipinski definition) is 1. The number of benzene rings is 1. The number of nitrogens with zero attached hydrogens (tertiary/aromatic N) is 1. The number of pyridine rings is 1. The van der Waals surface area contributed by atoms with E-state index in [1.165, 1.54) is 0 Å². The maximum absolute atomic E-state index is 11.8. The quantitative estimate of drug-likeness (QED) is 0.741. The third-order valence-electron chi connectivity index (χ3n) is 3.75. The average Bonchev–Trinajstić information content (AvgIpc) is 2.96. The van der Waals surface area contributed by atoms with E-state index in [4.69, 9.17) is 9.47 Å². The van der Waals surface area contributed by atoms with Crippen LogP contribution in [-0.2, 0) is 0 Å². The number of aromatic carboxylic acids is 1. The van der Waals surface area contributed by atoms with Gasteiger partial charge >= 0.3 is 5.97 Å². The zero-order valence-corrected chi connectivity index (χ0v) is 13.7. The standard InChI is InChI=1S/C19H19NO4/c1-3-23-16-9-8-13(11-17(16)24-4-2)14-12-20-10-6-5-7-15(20)18(14)19(21)22/h5-12H,3-4H2,1-2H3,(H,21,22). The molecule has 0 atom stereocenters.